The van der Waals surface area contributed by atoms with Crippen molar-refractivity contribution < 1.29 is 9.90 Å². The van der Waals surface area contributed by atoms with Gasteiger partial charge in [-0.05, 0) is 19.4 Å². The summed E-state index contributed by atoms with van der Waals surface area (Å²) in [6.07, 6.45) is 3.82. The van der Waals surface area contributed by atoms with Crippen LogP contribution in [-0.2, 0) is 4.79 Å². The van der Waals surface area contributed by atoms with Gasteiger partial charge in [-0.3, -0.25) is 4.79 Å². The SMILES string of the molecule is CSCC(=O)NC(C)C(CO)SC. The Balaban J connectivity index is 3.82. The third kappa shape index (κ3) is 5.44. The van der Waals surface area contributed by atoms with Crippen LogP contribution in [0.25, 0.3) is 0 Å². The lowest BCUT2D eigenvalue weighted by Crippen LogP contribution is -2.42. The smallest absolute Gasteiger partial charge is 0.230 e. The topological polar surface area (TPSA) is 49.3 Å². The van der Waals surface area contributed by atoms with E-state index in [9.17, 15) is 4.79 Å². The van der Waals surface area contributed by atoms with Crippen molar-refractivity contribution in [3.63, 3.8) is 0 Å². The van der Waals surface area contributed by atoms with Gasteiger partial charge in [0, 0.05) is 11.3 Å². The van der Waals surface area contributed by atoms with E-state index in [-0.39, 0.29) is 23.8 Å². The van der Waals surface area contributed by atoms with E-state index in [0.717, 1.165) is 0 Å². The summed E-state index contributed by atoms with van der Waals surface area (Å²) in [5.74, 6) is 0.518. The van der Waals surface area contributed by atoms with E-state index >= 15 is 0 Å². The van der Waals surface area contributed by atoms with Crippen LogP contribution in [0.1, 0.15) is 6.92 Å². The highest BCUT2D eigenvalue weighted by atomic mass is 32.2. The maximum atomic E-state index is 11.2. The molecule has 0 aromatic heterocycles. The molecule has 2 atom stereocenters. The van der Waals surface area contributed by atoms with Gasteiger partial charge in [-0.25, -0.2) is 0 Å². The minimum atomic E-state index is 0.0275. The van der Waals surface area contributed by atoms with Crippen LogP contribution in [0.3, 0.4) is 0 Å². The van der Waals surface area contributed by atoms with Crippen LogP contribution in [0.5, 0.6) is 0 Å². The van der Waals surface area contributed by atoms with Gasteiger partial charge in [-0.2, -0.15) is 23.5 Å². The number of hydrogen-bond donors (Lipinski definition) is 2. The Bertz CT molecular complexity index is 151. The Labute approximate surface area is 88.0 Å². The Morgan fingerprint density at radius 3 is 2.54 bits per heavy atom. The molecule has 0 saturated heterocycles. The van der Waals surface area contributed by atoms with E-state index in [4.69, 9.17) is 5.11 Å². The molecule has 2 unspecified atom stereocenters. The summed E-state index contributed by atoms with van der Waals surface area (Å²) < 4.78 is 0. The fourth-order valence-corrected chi connectivity index (χ4v) is 1.93. The van der Waals surface area contributed by atoms with Gasteiger partial charge in [-0.15, -0.1) is 0 Å². The van der Waals surface area contributed by atoms with Crippen LogP contribution in [0.4, 0.5) is 0 Å². The molecule has 0 bridgehead atoms. The molecule has 0 aliphatic heterocycles. The molecular formula is C8H17NO2S2. The number of rotatable bonds is 6. The van der Waals surface area contributed by atoms with Gasteiger partial charge < -0.3 is 10.4 Å². The van der Waals surface area contributed by atoms with E-state index in [1.807, 2.05) is 19.4 Å². The Kier molecular flexibility index (Phi) is 7.60. The first-order valence-electron chi connectivity index (χ1n) is 4.07. The minimum absolute atomic E-state index is 0.0275. The molecule has 1 amide bonds. The lowest BCUT2D eigenvalue weighted by Gasteiger charge is -2.20. The summed E-state index contributed by atoms with van der Waals surface area (Å²) in [4.78, 5) is 11.2. The van der Waals surface area contributed by atoms with Crippen LogP contribution >= 0.6 is 23.5 Å². The largest absolute Gasteiger partial charge is 0.395 e. The van der Waals surface area contributed by atoms with Crippen molar-refractivity contribution in [3.05, 3.63) is 0 Å². The van der Waals surface area contributed by atoms with Crippen molar-refractivity contribution >= 4 is 29.4 Å². The van der Waals surface area contributed by atoms with E-state index in [0.29, 0.717) is 5.75 Å². The first-order chi connectivity index (χ1) is 6.15. The number of amides is 1. The van der Waals surface area contributed by atoms with Gasteiger partial charge in [-0.1, -0.05) is 0 Å². The molecule has 2 N–H and O–H groups in total. The molecule has 0 aliphatic rings. The highest BCUT2D eigenvalue weighted by molar-refractivity contribution is 7.99. The standard InChI is InChI=1S/C8H17NO2S2/c1-6(7(4-10)13-3)9-8(11)5-12-2/h6-7,10H,4-5H2,1-3H3,(H,9,11). The van der Waals surface area contributed by atoms with Crippen molar-refractivity contribution in [1.82, 2.24) is 5.32 Å². The summed E-state index contributed by atoms with van der Waals surface area (Å²) in [6, 6.07) is 0.0275. The zero-order chi connectivity index (χ0) is 10.3. The zero-order valence-corrected chi connectivity index (χ0v) is 9.87. The molecule has 0 fully saturated rings. The second-order valence-corrected chi connectivity index (χ2v) is 4.69. The normalized spacial score (nSPS) is 15.1. The predicted molar refractivity (Wildman–Crippen MR) is 60.4 cm³/mol. The molecule has 3 nitrogen and oxygen atoms in total. The summed E-state index contributed by atoms with van der Waals surface area (Å²) in [5.41, 5.74) is 0. The lowest BCUT2D eigenvalue weighted by atomic mass is 10.2. The highest BCUT2D eigenvalue weighted by Gasteiger charge is 2.16. The summed E-state index contributed by atoms with van der Waals surface area (Å²) >= 11 is 3.06. The number of aliphatic hydroxyl groups is 1. The number of nitrogens with one attached hydrogen (secondary N) is 1. The summed E-state index contributed by atoms with van der Waals surface area (Å²) in [7, 11) is 0. The van der Waals surface area contributed by atoms with E-state index in [1.54, 1.807) is 11.8 Å². The van der Waals surface area contributed by atoms with Crippen molar-refractivity contribution in [2.45, 2.75) is 18.2 Å². The van der Waals surface area contributed by atoms with Gasteiger partial charge in [0.15, 0.2) is 0 Å². The second kappa shape index (κ2) is 7.53. The van der Waals surface area contributed by atoms with Gasteiger partial charge in [0.1, 0.15) is 0 Å². The Morgan fingerprint density at radius 1 is 1.54 bits per heavy atom. The number of thioether (sulfide) groups is 2. The monoisotopic (exact) mass is 223 g/mol. The van der Waals surface area contributed by atoms with Crippen LogP contribution in [0, 0.1) is 0 Å². The number of hydrogen-bond acceptors (Lipinski definition) is 4. The molecule has 0 spiro atoms. The third-order valence-electron chi connectivity index (χ3n) is 1.70. The molecule has 0 aliphatic carbocycles. The third-order valence-corrected chi connectivity index (χ3v) is 3.42. The predicted octanol–water partition coefficient (Wildman–Crippen LogP) is 0.578. The zero-order valence-electron chi connectivity index (χ0n) is 8.24. The molecule has 0 rings (SSSR count). The first kappa shape index (κ1) is 13.1. The van der Waals surface area contributed by atoms with Gasteiger partial charge in [0.25, 0.3) is 0 Å². The second-order valence-electron chi connectivity index (χ2n) is 2.75. The van der Waals surface area contributed by atoms with Crippen molar-refractivity contribution in [2.24, 2.45) is 0 Å². The molecule has 0 heterocycles. The minimum Gasteiger partial charge on any atom is -0.395 e. The van der Waals surface area contributed by atoms with Gasteiger partial charge in [0.2, 0.25) is 5.91 Å². The average molecular weight is 223 g/mol. The van der Waals surface area contributed by atoms with E-state index < -0.39 is 0 Å². The van der Waals surface area contributed by atoms with Crippen LogP contribution in [0.15, 0.2) is 0 Å². The molecule has 0 radical (unpaired) electrons. The van der Waals surface area contributed by atoms with Crippen LogP contribution in [0.2, 0.25) is 0 Å². The van der Waals surface area contributed by atoms with E-state index in [1.165, 1.54) is 11.8 Å². The number of aliphatic hydroxyl groups excluding tert-OH is 1. The summed E-state index contributed by atoms with van der Waals surface area (Å²) in [6.45, 7) is 2.01. The lowest BCUT2D eigenvalue weighted by molar-refractivity contribution is -0.119. The number of carbonyl (C=O) groups is 1. The first-order valence-corrected chi connectivity index (χ1v) is 6.75. The molecule has 13 heavy (non-hydrogen) atoms. The fraction of sp³-hybridized carbons (Fsp3) is 0.875. The molecule has 5 heteroatoms. The maximum absolute atomic E-state index is 11.2. The fourth-order valence-electron chi connectivity index (χ4n) is 0.956. The van der Waals surface area contributed by atoms with Gasteiger partial charge in [0.05, 0.1) is 12.4 Å². The maximum Gasteiger partial charge on any atom is 0.230 e. The average Bonchev–Trinajstić information content (AvgIpc) is 2.06. The molecule has 0 aromatic carbocycles. The van der Waals surface area contributed by atoms with E-state index in [2.05, 4.69) is 5.32 Å². The quantitative estimate of drug-likeness (QED) is 0.691. The molecule has 78 valence electrons. The van der Waals surface area contributed by atoms with Crippen molar-refractivity contribution in [1.29, 1.82) is 0 Å². The highest BCUT2D eigenvalue weighted by Crippen LogP contribution is 2.10. The van der Waals surface area contributed by atoms with Crippen molar-refractivity contribution in [2.75, 3.05) is 24.9 Å². The van der Waals surface area contributed by atoms with Crippen LogP contribution in [-0.4, -0.2) is 47.2 Å². The van der Waals surface area contributed by atoms with Crippen molar-refractivity contribution in [3.8, 4) is 0 Å². The van der Waals surface area contributed by atoms with Gasteiger partial charge >= 0.3 is 0 Å². The Morgan fingerprint density at radius 2 is 2.15 bits per heavy atom. The Hall–Kier alpha value is 0.130. The molecular weight excluding hydrogens is 206 g/mol. The van der Waals surface area contributed by atoms with Crippen LogP contribution < -0.4 is 5.32 Å². The molecule has 0 aromatic rings. The summed E-state index contributed by atoms with van der Waals surface area (Å²) in [5, 5.41) is 11.9. The number of carbonyl (C=O) groups excluding carboxylic acids is 1. The molecule has 0 saturated carbocycles.